The van der Waals surface area contributed by atoms with Gasteiger partial charge in [0.1, 0.15) is 17.6 Å². The molecule has 0 aliphatic carbocycles. The second-order valence-corrected chi connectivity index (χ2v) is 6.98. The van der Waals surface area contributed by atoms with Gasteiger partial charge in [-0.3, -0.25) is 9.59 Å². The van der Waals surface area contributed by atoms with Crippen LogP contribution in [-0.2, 0) is 17.8 Å². The molecule has 6 nitrogen and oxygen atoms in total. The SMILES string of the molecule is CCOc1cc2c(cc1CNC(=O)CNC(=O)c1ccccc1Cl)O[C@H](C)C2. The Kier molecular flexibility index (Phi) is 6.41. The Morgan fingerprint density at radius 3 is 2.79 bits per heavy atom. The molecule has 1 atom stereocenters. The van der Waals surface area contributed by atoms with Crippen molar-refractivity contribution in [2.75, 3.05) is 13.2 Å². The predicted molar refractivity (Wildman–Crippen MR) is 107 cm³/mol. The molecule has 3 rings (SSSR count). The van der Waals surface area contributed by atoms with Crippen LogP contribution in [0.25, 0.3) is 0 Å². The molecule has 2 N–H and O–H groups in total. The first-order valence-electron chi connectivity index (χ1n) is 9.22. The van der Waals surface area contributed by atoms with E-state index in [1.807, 2.05) is 26.0 Å². The highest BCUT2D eigenvalue weighted by Crippen LogP contribution is 2.35. The van der Waals surface area contributed by atoms with Crippen LogP contribution in [0.3, 0.4) is 0 Å². The molecule has 0 unspecified atom stereocenters. The number of fused-ring (bicyclic) bond motifs is 1. The molecule has 148 valence electrons. The van der Waals surface area contributed by atoms with Gasteiger partial charge in [0.05, 0.1) is 23.7 Å². The highest BCUT2D eigenvalue weighted by Gasteiger charge is 2.22. The highest BCUT2D eigenvalue weighted by molar-refractivity contribution is 6.33. The van der Waals surface area contributed by atoms with Crippen molar-refractivity contribution in [1.82, 2.24) is 10.6 Å². The fourth-order valence-corrected chi connectivity index (χ4v) is 3.29. The minimum atomic E-state index is -0.393. The number of hydrogen-bond donors (Lipinski definition) is 2. The summed E-state index contributed by atoms with van der Waals surface area (Å²) in [6.45, 7) is 4.60. The molecular formula is C21H23ClN2O4. The van der Waals surface area contributed by atoms with Crippen LogP contribution in [0, 0.1) is 0 Å². The van der Waals surface area contributed by atoms with E-state index in [9.17, 15) is 9.59 Å². The van der Waals surface area contributed by atoms with Gasteiger partial charge in [0, 0.05) is 24.1 Å². The lowest BCUT2D eigenvalue weighted by Crippen LogP contribution is -2.36. The van der Waals surface area contributed by atoms with Crippen LogP contribution in [0.2, 0.25) is 5.02 Å². The van der Waals surface area contributed by atoms with Crippen LogP contribution in [0.5, 0.6) is 11.5 Å². The molecule has 1 heterocycles. The second-order valence-electron chi connectivity index (χ2n) is 6.57. The van der Waals surface area contributed by atoms with Gasteiger partial charge in [-0.15, -0.1) is 0 Å². The Balaban J connectivity index is 1.58. The maximum absolute atomic E-state index is 12.2. The van der Waals surface area contributed by atoms with Crippen LogP contribution in [0.1, 0.15) is 35.3 Å². The standard InChI is InChI=1S/C21H23ClN2O4/c1-3-27-18-9-14-8-13(2)28-19(14)10-15(18)11-23-20(25)12-24-21(26)16-6-4-5-7-17(16)22/h4-7,9-10,13H,3,8,11-12H2,1-2H3,(H,23,25)(H,24,26)/t13-/m1/s1. The molecule has 0 fully saturated rings. The van der Waals surface area contributed by atoms with Gasteiger partial charge in [-0.1, -0.05) is 23.7 Å². The fraction of sp³-hybridized carbons (Fsp3) is 0.333. The first kappa shape index (κ1) is 20.0. The zero-order chi connectivity index (χ0) is 20.1. The van der Waals surface area contributed by atoms with E-state index >= 15 is 0 Å². The summed E-state index contributed by atoms with van der Waals surface area (Å²) in [6.07, 6.45) is 0.977. The van der Waals surface area contributed by atoms with E-state index in [4.69, 9.17) is 21.1 Å². The summed E-state index contributed by atoms with van der Waals surface area (Å²) < 4.78 is 11.5. The molecule has 0 saturated carbocycles. The molecule has 2 amide bonds. The van der Waals surface area contributed by atoms with Crippen molar-refractivity contribution in [3.63, 3.8) is 0 Å². The summed E-state index contributed by atoms with van der Waals surface area (Å²) in [7, 11) is 0. The van der Waals surface area contributed by atoms with Crippen molar-refractivity contribution >= 4 is 23.4 Å². The summed E-state index contributed by atoms with van der Waals surface area (Å²) in [5, 5.41) is 5.71. The van der Waals surface area contributed by atoms with Crippen molar-refractivity contribution in [2.24, 2.45) is 0 Å². The number of nitrogens with one attached hydrogen (secondary N) is 2. The molecule has 0 aromatic heterocycles. The monoisotopic (exact) mass is 402 g/mol. The Labute approximate surface area is 169 Å². The minimum Gasteiger partial charge on any atom is -0.494 e. The summed E-state index contributed by atoms with van der Waals surface area (Å²) in [5.74, 6) is 0.861. The van der Waals surface area contributed by atoms with Crippen LogP contribution < -0.4 is 20.1 Å². The minimum absolute atomic E-state index is 0.134. The highest BCUT2D eigenvalue weighted by atomic mass is 35.5. The molecule has 1 aliphatic heterocycles. The van der Waals surface area contributed by atoms with Gasteiger partial charge >= 0.3 is 0 Å². The Morgan fingerprint density at radius 2 is 2.04 bits per heavy atom. The van der Waals surface area contributed by atoms with Gasteiger partial charge < -0.3 is 20.1 Å². The quantitative estimate of drug-likeness (QED) is 0.746. The molecule has 0 saturated heterocycles. The van der Waals surface area contributed by atoms with Gasteiger partial charge in [-0.25, -0.2) is 0 Å². The van der Waals surface area contributed by atoms with Crippen molar-refractivity contribution in [2.45, 2.75) is 32.9 Å². The smallest absolute Gasteiger partial charge is 0.253 e. The number of ether oxygens (including phenoxy) is 2. The van der Waals surface area contributed by atoms with E-state index in [0.29, 0.717) is 17.2 Å². The average Bonchev–Trinajstić information content (AvgIpc) is 3.03. The van der Waals surface area contributed by atoms with E-state index in [1.165, 1.54) is 0 Å². The van der Waals surface area contributed by atoms with Crippen LogP contribution in [0.15, 0.2) is 36.4 Å². The van der Waals surface area contributed by atoms with Gasteiger partial charge in [0.25, 0.3) is 5.91 Å². The molecule has 28 heavy (non-hydrogen) atoms. The molecule has 0 bridgehead atoms. The Bertz CT molecular complexity index is 885. The summed E-state index contributed by atoms with van der Waals surface area (Å²) in [6, 6.07) is 10.6. The summed E-state index contributed by atoms with van der Waals surface area (Å²) >= 11 is 5.99. The number of rotatable bonds is 7. The third kappa shape index (κ3) is 4.75. The molecule has 1 aliphatic rings. The molecule has 0 radical (unpaired) electrons. The van der Waals surface area contributed by atoms with E-state index in [1.54, 1.807) is 24.3 Å². The molecular weight excluding hydrogens is 380 g/mol. The first-order valence-corrected chi connectivity index (χ1v) is 9.60. The number of amides is 2. The number of hydrogen-bond acceptors (Lipinski definition) is 4. The van der Waals surface area contributed by atoms with Gasteiger partial charge in [0.15, 0.2) is 0 Å². The normalized spacial score (nSPS) is 14.8. The van der Waals surface area contributed by atoms with Crippen molar-refractivity contribution in [3.8, 4) is 11.5 Å². The van der Waals surface area contributed by atoms with Crippen molar-refractivity contribution in [1.29, 1.82) is 0 Å². The lowest BCUT2D eigenvalue weighted by atomic mass is 10.1. The second kappa shape index (κ2) is 8.97. The Morgan fingerprint density at radius 1 is 1.25 bits per heavy atom. The Hall–Kier alpha value is -2.73. The predicted octanol–water partition coefficient (Wildman–Crippen LogP) is 3.11. The van der Waals surface area contributed by atoms with Crippen molar-refractivity contribution < 1.29 is 19.1 Å². The number of halogens is 1. The lowest BCUT2D eigenvalue weighted by molar-refractivity contribution is -0.120. The third-order valence-corrected chi connectivity index (χ3v) is 4.71. The van der Waals surface area contributed by atoms with Crippen LogP contribution in [0.4, 0.5) is 0 Å². The van der Waals surface area contributed by atoms with E-state index in [2.05, 4.69) is 10.6 Å². The van der Waals surface area contributed by atoms with E-state index in [-0.39, 0.29) is 25.1 Å². The topological polar surface area (TPSA) is 76.7 Å². The van der Waals surface area contributed by atoms with E-state index in [0.717, 1.165) is 29.0 Å². The molecule has 7 heteroatoms. The summed E-state index contributed by atoms with van der Waals surface area (Å²) in [4.78, 5) is 24.3. The molecule has 2 aromatic rings. The largest absolute Gasteiger partial charge is 0.494 e. The van der Waals surface area contributed by atoms with Gasteiger partial charge in [-0.05, 0) is 38.1 Å². The zero-order valence-corrected chi connectivity index (χ0v) is 16.6. The molecule has 2 aromatic carbocycles. The maximum Gasteiger partial charge on any atom is 0.253 e. The number of carbonyl (C=O) groups is 2. The van der Waals surface area contributed by atoms with Crippen LogP contribution in [-0.4, -0.2) is 31.1 Å². The molecule has 0 spiro atoms. The van der Waals surface area contributed by atoms with Gasteiger partial charge in [-0.2, -0.15) is 0 Å². The van der Waals surface area contributed by atoms with Crippen molar-refractivity contribution in [3.05, 3.63) is 58.1 Å². The fourth-order valence-electron chi connectivity index (χ4n) is 3.07. The zero-order valence-electron chi connectivity index (χ0n) is 15.9. The van der Waals surface area contributed by atoms with Crippen LogP contribution >= 0.6 is 11.6 Å². The van der Waals surface area contributed by atoms with E-state index < -0.39 is 5.91 Å². The number of carbonyl (C=O) groups excluding carboxylic acids is 2. The maximum atomic E-state index is 12.2. The lowest BCUT2D eigenvalue weighted by Gasteiger charge is -2.13. The number of benzene rings is 2. The average molecular weight is 403 g/mol. The summed E-state index contributed by atoms with van der Waals surface area (Å²) in [5.41, 5.74) is 2.28. The van der Waals surface area contributed by atoms with Gasteiger partial charge in [0.2, 0.25) is 5.91 Å². The first-order chi connectivity index (χ1) is 13.5. The third-order valence-electron chi connectivity index (χ3n) is 4.38.